The fraction of sp³-hybridized carbons (Fsp3) is 0.0952. The zero-order chi connectivity index (χ0) is 24.5. The molecule has 3 aromatic rings. The molecular weight excluding hydrogens is 449 g/mol. The van der Waals surface area contributed by atoms with Gasteiger partial charge in [0, 0.05) is 11.9 Å². The Morgan fingerprint density at radius 1 is 1.09 bits per heavy atom. The van der Waals surface area contributed by atoms with Gasteiger partial charge >= 0.3 is 18.1 Å². The van der Waals surface area contributed by atoms with Crippen molar-refractivity contribution >= 4 is 29.2 Å². The largest absolute Gasteiger partial charge is 0.490 e. The number of carbonyl (C=O) groups is 4. The fourth-order valence-electron chi connectivity index (χ4n) is 2.87. The van der Waals surface area contributed by atoms with Crippen molar-refractivity contribution < 1.29 is 46.6 Å². The van der Waals surface area contributed by atoms with Crippen LogP contribution in [0.5, 0.6) is 5.75 Å². The molecule has 0 saturated heterocycles. The van der Waals surface area contributed by atoms with Crippen LogP contribution in [-0.2, 0) is 4.79 Å². The minimum Gasteiger partial charge on any atom is -0.475 e. The standard InChI is InChI=1S/C19H12N2O5.C2HF3O2/c1-9-13(19(24)26-11-6-4-10(20)5-7-11)14-17(23)15-12(3-2-8-21-15)16(22)18(14)25-9;3-2(4,5)1(6)7/h2-8H,20H2,1H3;(H,6,7). The minimum atomic E-state index is -5.08. The second kappa shape index (κ2) is 8.57. The number of aliphatic carboxylic acids is 1. The average Bonchev–Trinajstić information content (AvgIpc) is 3.11. The van der Waals surface area contributed by atoms with Crippen LogP contribution in [0.1, 0.15) is 48.3 Å². The molecule has 0 saturated carbocycles. The Hall–Kier alpha value is -4.48. The SMILES string of the molecule is Cc1oc2c(c1C(=O)Oc1ccc(N)cc1)C(=O)c1ncccc1C2=O.O=C(O)C(F)(F)F. The molecule has 0 bridgehead atoms. The Bertz CT molecular complexity index is 1280. The van der Waals surface area contributed by atoms with Crippen LogP contribution in [0.25, 0.3) is 0 Å². The van der Waals surface area contributed by atoms with E-state index in [-0.39, 0.29) is 39.7 Å². The summed E-state index contributed by atoms with van der Waals surface area (Å²) in [6.07, 6.45) is -3.67. The van der Waals surface area contributed by atoms with Crippen molar-refractivity contribution in [3.05, 3.63) is 76.5 Å². The summed E-state index contributed by atoms with van der Waals surface area (Å²) in [7, 11) is 0. The average molecular weight is 462 g/mol. The van der Waals surface area contributed by atoms with Crippen LogP contribution in [0.2, 0.25) is 0 Å². The second-order valence-corrected chi connectivity index (χ2v) is 6.56. The number of carboxylic acid groups (broad SMARTS) is 1. The summed E-state index contributed by atoms with van der Waals surface area (Å²) < 4.78 is 42.5. The first-order chi connectivity index (χ1) is 15.4. The molecule has 4 rings (SSSR count). The molecular formula is C21H13F3N2O7. The third-order valence-electron chi connectivity index (χ3n) is 4.32. The monoisotopic (exact) mass is 462 g/mol. The molecule has 0 amide bonds. The topological polar surface area (TPSA) is 150 Å². The number of pyridine rings is 1. The zero-order valence-electron chi connectivity index (χ0n) is 16.6. The Morgan fingerprint density at radius 3 is 2.27 bits per heavy atom. The van der Waals surface area contributed by atoms with Crippen LogP contribution in [0.15, 0.2) is 47.0 Å². The molecule has 2 heterocycles. The number of nitrogens with two attached hydrogens (primary N) is 1. The van der Waals surface area contributed by atoms with E-state index in [1.807, 2.05) is 0 Å². The van der Waals surface area contributed by atoms with Gasteiger partial charge in [-0.15, -0.1) is 0 Å². The van der Waals surface area contributed by atoms with Gasteiger partial charge in [-0.1, -0.05) is 0 Å². The highest BCUT2D eigenvalue weighted by atomic mass is 19.4. The van der Waals surface area contributed by atoms with E-state index in [2.05, 4.69) is 4.98 Å². The normalized spacial score (nSPS) is 12.2. The quantitative estimate of drug-likeness (QED) is 0.260. The minimum absolute atomic E-state index is 0.00710. The van der Waals surface area contributed by atoms with Gasteiger partial charge in [0.25, 0.3) is 0 Å². The van der Waals surface area contributed by atoms with E-state index in [0.717, 1.165) is 0 Å². The smallest absolute Gasteiger partial charge is 0.475 e. The molecule has 0 unspecified atom stereocenters. The Kier molecular flexibility index (Phi) is 6.02. The first-order valence-corrected chi connectivity index (χ1v) is 8.97. The van der Waals surface area contributed by atoms with Crippen LogP contribution in [0, 0.1) is 6.92 Å². The number of hydrogen-bond acceptors (Lipinski definition) is 8. The molecule has 1 aliphatic rings. The van der Waals surface area contributed by atoms with E-state index in [0.29, 0.717) is 5.69 Å². The molecule has 1 aromatic carbocycles. The summed E-state index contributed by atoms with van der Waals surface area (Å²) in [6, 6.07) is 9.26. The molecule has 2 aromatic heterocycles. The molecule has 33 heavy (non-hydrogen) atoms. The van der Waals surface area contributed by atoms with Crippen molar-refractivity contribution in [1.82, 2.24) is 4.98 Å². The number of nitrogens with zero attached hydrogens (tertiary/aromatic N) is 1. The van der Waals surface area contributed by atoms with Gasteiger partial charge in [0.2, 0.25) is 11.6 Å². The Labute approximate surface area is 182 Å². The predicted molar refractivity (Wildman–Crippen MR) is 104 cm³/mol. The van der Waals surface area contributed by atoms with Crippen LogP contribution in [0.3, 0.4) is 0 Å². The number of aryl methyl sites for hydroxylation is 1. The maximum atomic E-state index is 12.8. The van der Waals surface area contributed by atoms with Gasteiger partial charge in [0.1, 0.15) is 22.8 Å². The van der Waals surface area contributed by atoms with Gasteiger partial charge in [0.05, 0.1) is 11.1 Å². The number of esters is 1. The number of benzene rings is 1. The lowest BCUT2D eigenvalue weighted by atomic mass is 9.90. The number of halogens is 3. The van der Waals surface area contributed by atoms with Crippen LogP contribution >= 0.6 is 0 Å². The third kappa shape index (κ3) is 4.59. The third-order valence-corrected chi connectivity index (χ3v) is 4.32. The highest BCUT2D eigenvalue weighted by molar-refractivity contribution is 6.29. The van der Waals surface area contributed by atoms with Gasteiger partial charge in [-0.3, -0.25) is 14.6 Å². The number of rotatable bonds is 2. The summed E-state index contributed by atoms with van der Waals surface area (Å²) in [6.45, 7) is 1.50. The molecule has 0 radical (unpaired) electrons. The van der Waals surface area contributed by atoms with Crippen LogP contribution in [0.4, 0.5) is 18.9 Å². The molecule has 3 N–H and O–H groups in total. The number of nitrogen functional groups attached to an aromatic ring is 1. The molecule has 0 atom stereocenters. The number of carboxylic acids is 1. The predicted octanol–water partition coefficient (Wildman–Crippen LogP) is 3.19. The highest BCUT2D eigenvalue weighted by Gasteiger charge is 2.40. The van der Waals surface area contributed by atoms with Crippen LogP contribution in [-0.4, -0.2) is 39.8 Å². The van der Waals surface area contributed by atoms with E-state index in [9.17, 15) is 27.6 Å². The molecule has 9 nitrogen and oxygen atoms in total. The lowest BCUT2D eigenvalue weighted by Crippen LogP contribution is -2.23. The number of fused-ring (bicyclic) bond motifs is 2. The van der Waals surface area contributed by atoms with Crippen molar-refractivity contribution in [3.8, 4) is 5.75 Å². The van der Waals surface area contributed by atoms with E-state index >= 15 is 0 Å². The Balaban J connectivity index is 0.000000383. The molecule has 0 spiro atoms. The van der Waals surface area contributed by atoms with E-state index in [1.54, 1.807) is 18.2 Å². The number of alkyl halides is 3. The van der Waals surface area contributed by atoms with E-state index in [1.165, 1.54) is 31.3 Å². The maximum Gasteiger partial charge on any atom is 0.490 e. The van der Waals surface area contributed by atoms with Crippen molar-refractivity contribution in [2.24, 2.45) is 0 Å². The van der Waals surface area contributed by atoms with E-state index in [4.69, 9.17) is 24.8 Å². The summed E-state index contributed by atoms with van der Waals surface area (Å²) >= 11 is 0. The number of anilines is 1. The van der Waals surface area contributed by atoms with E-state index < -0.39 is 29.7 Å². The second-order valence-electron chi connectivity index (χ2n) is 6.56. The number of ketones is 2. The van der Waals surface area contributed by atoms with Gasteiger partial charge in [0.15, 0.2) is 5.76 Å². The Morgan fingerprint density at radius 2 is 1.70 bits per heavy atom. The number of aromatic nitrogens is 1. The summed E-state index contributed by atoms with van der Waals surface area (Å²) in [5.74, 6) is -4.37. The fourth-order valence-corrected chi connectivity index (χ4v) is 2.87. The van der Waals surface area contributed by atoms with Crippen molar-refractivity contribution in [2.45, 2.75) is 13.1 Å². The zero-order valence-corrected chi connectivity index (χ0v) is 16.6. The van der Waals surface area contributed by atoms with Gasteiger partial charge in [-0.2, -0.15) is 13.2 Å². The number of ether oxygens (including phenoxy) is 1. The number of furan rings is 1. The summed E-state index contributed by atoms with van der Waals surface area (Å²) in [5.41, 5.74) is 6.07. The lowest BCUT2D eigenvalue weighted by molar-refractivity contribution is -0.192. The molecule has 0 aliphatic heterocycles. The lowest BCUT2D eigenvalue weighted by Gasteiger charge is -2.12. The molecule has 1 aliphatic carbocycles. The number of carbonyl (C=O) groups excluding carboxylic acids is 3. The van der Waals surface area contributed by atoms with Crippen molar-refractivity contribution in [3.63, 3.8) is 0 Å². The highest BCUT2D eigenvalue weighted by Crippen LogP contribution is 2.33. The molecule has 0 fully saturated rings. The van der Waals surface area contributed by atoms with Gasteiger partial charge in [-0.05, 0) is 43.3 Å². The molecule has 12 heteroatoms. The number of hydrogen-bond donors (Lipinski definition) is 2. The van der Waals surface area contributed by atoms with Crippen molar-refractivity contribution in [2.75, 3.05) is 5.73 Å². The van der Waals surface area contributed by atoms with Gasteiger partial charge in [-0.25, -0.2) is 9.59 Å². The molecule has 170 valence electrons. The summed E-state index contributed by atoms with van der Waals surface area (Å²) in [5, 5.41) is 7.12. The first-order valence-electron chi connectivity index (χ1n) is 8.97. The maximum absolute atomic E-state index is 12.8. The first kappa shape index (κ1) is 23.2. The van der Waals surface area contributed by atoms with Crippen LogP contribution < -0.4 is 10.5 Å². The van der Waals surface area contributed by atoms with Gasteiger partial charge < -0.3 is 20.0 Å². The van der Waals surface area contributed by atoms with Crippen molar-refractivity contribution in [1.29, 1.82) is 0 Å². The summed E-state index contributed by atoms with van der Waals surface area (Å²) in [4.78, 5) is 50.9.